The molecule has 0 spiro atoms. The standard InChI is InChI=1S/C18H28N2O3/c1-13-5-4-6-16(9-13)14(2)11-19-18(22)20-7-8-23-12-17(20)10-15(3)21/h4-6,9,14-15,17,21H,7-8,10-12H2,1-3H3,(H,19,22)/t14-,15+,17-/m1/s1. The van der Waals surface area contributed by atoms with E-state index in [2.05, 4.69) is 37.4 Å². The van der Waals surface area contributed by atoms with Crippen LogP contribution in [0, 0.1) is 6.92 Å². The van der Waals surface area contributed by atoms with Crippen molar-refractivity contribution in [2.24, 2.45) is 0 Å². The number of hydrogen-bond donors (Lipinski definition) is 2. The van der Waals surface area contributed by atoms with Gasteiger partial charge in [0.2, 0.25) is 0 Å². The normalized spacial score (nSPS) is 20.9. The molecule has 0 aliphatic carbocycles. The van der Waals surface area contributed by atoms with E-state index in [-0.39, 0.29) is 18.0 Å². The minimum atomic E-state index is -0.441. The quantitative estimate of drug-likeness (QED) is 0.875. The van der Waals surface area contributed by atoms with E-state index in [4.69, 9.17) is 4.74 Å². The Morgan fingerprint density at radius 2 is 2.26 bits per heavy atom. The molecule has 1 heterocycles. The number of carbonyl (C=O) groups excluding carboxylic acids is 1. The zero-order chi connectivity index (χ0) is 16.8. The van der Waals surface area contributed by atoms with Crippen LogP contribution in [0.3, 0.4) is 0 Å². The van der Waals surface area contributed by atoms with Gasteiger partial charge in [-0.15, -0.1) is 0 Å². The van der Waals surface area contributed by atoms with Crippen LogP contribution in [0.15, 0.2) is 24.3 Å². The number of amides is 2. The van der Waals surface area contributed by atoms with Crippen LogP contribution in [0.4, 0.5) is 4.79 Å². The second kappa shape index (κ2) is 8.31. The van der Waals surface area contributed by atoms with Gasteiger partial charge in [0.25, 0.3) is 0 Å². The van der Waals surface area contributed by atoms with Gasteiger partial charge in [-0.1, -0.05) is 36.8 Å². The number of aliphatic hydroxyl groups is 1. The maximum absolute atomic E-state index is 12.5. The van der Waals surface area contributed by atoms with Gasteiger partial charge < -0.3 is 20.1 Å². The number of morpholine rings is 1. The Labute approximate surface area is 138 Å². The second-order valence-electron chi connectivity index (χ2n) is 6.51. The Hall–Kier alpha value is -1.59. The fourth-order valence-corrected chi connectivity index (χ4v) is 2.95. The first-order valence-corrected chi connectivity index (χ1v) is 8.34. The van der Waals surface area contributed by atoms with Crippen molar-refractivity contribution >= 4 is 6.03 Å². The Bertz CT molecular complexity index is 519. The number of nitrogens with zero attached hydrogens (tertiary/aromatic N) is 1. The Balaban J connectivity index is 1.89. The average Bonchev–Trinajstić information content (AvgIpc) is 2.52. The van der Waals surface area contributed by atoms with E-state index in [1.54, 1.807) is 11.8 Å². The highest BCUT2D eigenvalue weighted by atomic mass is 16.5. The van der Waals surface area contributed by atoms with Crippen LogP contribution in [-0.4, -0.2) is 54.5 Å². The van der Waals surface area contributed by atoms with E-state index in [1.807, 2.05) is 6.07 Å². The lowest BCUT2D eigenvalue weighted by Gasteiger charge is -2.36. The molecule has 128 valence electrons. The van der Waals surface area contributed by atoms with Crippen molar-refractivity contribution in [3.63, 3.8) is 0 Å². The maximum Gasteiger partial charge on any atom is 0.317 e. The highest BCUT2D eigenvalue weighted by Gasteiger charge is 2.28. The number of aryl methyl sites for hydroxylation is 1. The van der Waals surface area contributed by atoms with E-state index >= 15 is 0 Å². The topological polar surface area (TPSA) is 61.8 Å². The van der Waals surface area contributed by atoms with E-state index in [0.717, 1.165) is 0 Å². The molecule has 0 bridgehead atoms. The predicted molar refractivity (Wildman–Crippen MR) is 90.6 cm³/mol. The molecule has 1 saturated heterocycles. The predicted octanol–water partition coefficient (Wildman–Crippen LogP) is 2.28. The molecule has 2 amide bonds. The van der Waals surface area contributed by atoms with Crippen LogP contribution in [0.25, 0.3) is 0 Å². The number of carbonyl (C=O) groups is 1. The molecule has 5 heteroatoms. The third kappa shape index (κ3) is 5.22. The molecule has 0 radical (unpaired) electrons. The number of urea groups is 1. The zero-order valence-corrected chi connectivity index (χ0v) is 14.3. The lowest BCUT2D eigenvalue weighted by molar-refractivity contribution is -0.00432. The Morgan fingerprint density at radius 1 is 1.48 bits per heavy atom. The lowest BCUT2D eigenvalue weighted by Crippen LogP contribution is -2.53. The van der Waals surface area contributed by atoms with Crippen LogP contribution in [0.5, 0.6) is 0 Å². The van der Waals surface area contributed by atoms with Gasteiger partial charge in [0.15, 0.2) is 0 Å². The smallest absolute Gasteiger partial charge is 0.317 e. The molecule has 0 saturated carbocycles. The van der Waals surface area contributed by atoms with Crippen LogP contribution in [-0.2, 0) is 4.74 Å². The number of rotatable bonds is 5. The summed E-state index contributed by atoms with van der Waals surface area (Å²) in [4.78, 5) is 14.3. The number of benzene rings is 1. The lowest BCUT2D eigenvalue weighted by atomic mass is 9.99. The van der Waals surface area contributed by atoms with Gasteiger partial charge in [-0.25, -0.2) is 4.79 Å². The summed E-state index contributed by atoms with van der Waals surface area (Å²) < 4.78 is 5.44. The van der Waals surface area contributed by atoms with Crippen LogP contribution in [0.1, 0.15) is 37.3 Å². The molecule has 1 aromatic rings. The first-order valence-electron chi connectivity index (χ1n) is 8.34. The number of nitrogens with one attached hydrogen (secondary N) is 1. The van der Waals surface area contributed by atoms with E-state index in [0.29, 0.717) is 32.7 Å². The van der Waals surface area contributed by atoms with Gasteiger partial charge in [0, 0.05) is 13.1 Å². The zero-order valence-electron chi connectivity index (χ0n) is 14.3. The average molecular weight is 320 g/mol. The molecule has 3 atom stereocenters. The summed E-state index contributed by atoms with van der Waals surface area (Å²) in [6.45, 7) is 8.14. The Kier molecular flexibility index (Phi) is 6.42. The summed E-state index contributed by atoms with van der Waals surface area (Å²) in [6.07, 6.45) is 0.101. The first-order chi connectivity index (χ1) is 11.0. The fraction of sp³-hybridized carbons (Fsp3) is 0.611. The van der Waals surface area contributed by atoms with E-state index in [1.165, 1.54) is 11.1 Å². The summed E-state index contributed by atoms with van der Waals surface area (Å²) in [5, 5.41) is 12.6. The summed E-state index contributed by atoms with van der Waals surface area (Å²) in [5.41, 5.74) is 2.46. The summed E-state index contributed by atoms with van der Waals surface area (Å²) in [7, 11) is 0. The van der Waals surface area contributed by atoms with Crippen molar-refractivity contribution in [2.75, 3.05) is 26.3 Å². The van der Waals surface area contributed by atoms with Crippen molar-refractivity contribution in [3.05, 3.63) is 35.4 Å². The summed E-state index contributed by atoms with van der Waals surface area (Å²) in [5.74, 6) is 0.259. The van der Waals surface area contributed by atoms with Gasteiger partial charge in [-0.2, -0.15) is 0 Å². The van der Waals surface area contributed by atoms with Gasteiger partial charge in [0.1, 0.15) is 0 Å². The minimum absolute atomic E-state index is 0.0574. The van der Waals surface area contributed by atoms with Gasteiger partial charge in [0.05, 0.1) is 25.4 Å². The van der Waals surface area contributed by atoms with Crippen molar-refractivity contribution in [2.45, 2.75) is 45.3 Å². The molecule has 23 heavy (non-hydrogen) atoms. The SMILES string of the molecule is Cc1cccc([C@H](C)CNC(=O)N2CCOC[C@H]2C[C@H](C)O)c1. The monoisotopic (exact) mass is 320 g/mol. The van der Waals surface area contributed by atoms with Crippen molar-refractivity contribution < 1.29 is 14.6 Å². The molecule has 1 aliphatic heterocycles. The molecule has 1 aliphatic rings. The molecule has 1 fully saturated rings. The molecule has 2 N–H and O–H groups in total. The highest BCUT2D eigenvalue weighted by molar-refractivity contribution is 5.74. The van der Waals surface area contributed by atoms with E-state index in [9.17, 15) is 9.90 Å². The first kappa shape index (κ1) is 17.8. The van der Waals surface area contributed by atoms with Crippen LogP contribution >= 0.6 is 0 Å². The Morgan fingerprint density at radius 3 is 2.96 bits per heavy atom. The van der Waals surface area contributed by atoms with Gasteiger partial charge in [-0.3, -0.25) is 0 Å². The molecular weight excluding hydrogens is 292 g/mol. The largest absolute Gasteiger partial charge is 0.393 e. The second-order valence-corrected chi connectivity index (χ2v) is 6.51. The molecule has 2 rings (SSSR count). The minimum Gasteiger partial charge on any atom is -0.393 e. The van der Waals surface area contributed by atoms with Crippen molar-refractivity contribution in [1.29, 1.82) is 0 Å². The van der Waals surface area contributed by atoms with Gasteiger partial charge in [-0.05, 0) is 31.7 Å². The third-order valence-corrected chi connectivity index (χ3v) is 4.27. The molecule has 1 aromatic carbocycles. The van der Waals surface area contributed by atoms with Crippen LogP contribution < -0.4 is 5.32 Å². The van der Waals surface area contributed by atoms with Crippen LogP contribution in [0.2, 0.25) is 0 Å². The highest BCUT2D eigenvalue weighted by Crippen LogP contribution is 2.17. The number of aliphatic hydroxyl groups excluding tert-OH is 1. The van der Waals surface area contributed by atoms with E-state index < -0.39 is 6.10 Å². The maximum atomic E-state index is 12.5. The third-order valence-electron chi connectivity index (χ3n) is 4.27. The fourth-order valence-electron chi connectivity index (χ4n) is 2.95. The summed E-state index contributed by atoms with van der Waals surface area (Å²) >= 11 is 0. The number of ether oxygens (including phenoxy) is 1. The molecular formula is C18H28N2O3. The molecule has 5 nitrogen and oxygen atoms in total. The number of hydrogen-bond acceptors (Lipinski definition) is 3. The van der Waals surface area contributed by atoms with Crippen molar-refractivity contribution in [1.82, 2.24) is 10.2 Å². The summed E-state index contributed by atoms with van der Waals surface area (Å²) in [6, 6.07) is 8.24. The van der Waals surface area contributed by atoms with Gasteiger partial charge >= 0.3 is 6.03 Å². The molecule has 0 aromatic heterocycles. The molecule has 0 unspecified atom stereocenters. The van der Waals surface area contributed by atoms with Crippen molar-refractivity contribution in [3.8, 4) is 0 Å².